The van der Waals surface area contributed by atoms with E-state index in [4.69, 9.17) is 4.74 Å². The van der Waals surface area contributed by atoms with Crippen LogP contribution >= 0.6 is 0 Å². The van der Waals surface area contributed by atoms with Crippen molar-refractivity contribution in [3.8, 4) is 5.75 Å². The lowest BCUT2D eigenvalue weighted by molar-refractivity contribution is -0.140. The molecule has 3 rings (SSSR count). The van der Waals surface area contributed by atoms with Gasteiger partial charge < -0.3 is 19.6 Å². The number of amides is 1. The van der Waals surface area contributed by atoms with E-state index < -0.39 is 23.5 Å². The molecular formula is C23H25FN2O4. The van der Waals surface area contributed by atoms with Crippen LogP contribution in [-0.4, -0.2) is 60.9 Å². The molecule has 1 amide bonds. The molecule has 1 saturated heterocycles. The molecule has 0 saturated carbocycles. The first-order valence-corrected chi connectivity index (χ1v) is 9.67. The Hall–Kier alpha value is -3.19. The van der Waals surface area contributed by atoms with E-state index in [1.54, 1.807) is 30.3 Å². The van der Waals surface area contributed by atoms with Gasteiger partial charge in [-0.15, -0.1) is 0 Å². The summed E-state index contributed by atoms with van der Waals surface area (Å²) in [5.41, 5.74) is 0.296. The minimum absolute atomic E-state index is 0.139. The van der Waals surface area contributed by atoms with Crippen LogP contribution in [0.1, 0.15) is 23.6 Å². The number of halogens is 1. The van der Waals surface area contributed by atoms with Gasteiger partial charge in [0.1, 0.15) is 17.3 Å². The summed E-state index contributed by atoms with van der Waals surface area (Å²) < 4.78 is 20.0. The second kappa shape index (κ2) is 9.09. The number of methoxy groups -OCH3 is 1. The SMILES string of the molecule is COc1ccccc1/C(O)=C1/C(=O)C(=O)N(CCCN(C)C)C1c1ccccc1F. The number of likely N-dealkylation sites (tertiary alicyclic amines) is 1. The van der Waals surface area contributed by atoms with Crippen molar-refractivity contribution in [2.75, 3.05) is 34.3 Å². The number of carbonyl (C=O) groups is 2. The van der Waals surface area contributed by atoms with Gasteiger partial charge in [0, 0.05) is 12.1 Å². The molecule has 1 unspecified atom stereocenters. The van der Waals surface area contributed by atoms with Gasteiger partial charge in [0.15, 0.2) is 0 Å². The molecule has 0 radical (unpaired) electrons. The first-order valence-electron chi connectivity index (χ1n) is 9.67. The van der Waals surface area contributed by atoms with Crippen LogP contribution < -0.4 is 4.74 Å². The Morgan fingerprint density at radius 1 is 1.13 bits per heavy atom. The molecule has 1 heterocycles. The highest BCUT2D eigenvalue weighted by Crippen LogP contribution is 2.41. The monoisotopic (exact) mass is 412 g/mol. The molecule has 30 heavy (non-hydrogen) atoms. The zero-order valence-electron chi connectivity index (χ0n) is 17.3. The maximum atomic E-state index is 14.7. The second-order valence-electron chi connectivity index (χ2n) is 7.37. The molecule has 0 bridgehead atoms. The molecule has 0 spiro atoms. The van der Waals surface area contributed by atoms with Crippen LogP contribution in [0, 0.1) is 5.82 Å². The van der Waals surface area contributed by atoms with Crippen molar-refractivity contribution in [3.05, 3.63) is 71.0 Å². The Kier molecular flexibility index (Phi) is 6.52. The fraction of sp³-hybridized carbons (Fsp3) is 0.304. The lowest BCUT2D eigenvalue weighted by Gasteiger charge is -2.26. The Morgan fingerprint density at radius 3 is 2.47 bits per heavy atom. The molecule has 1 aliphatic rings. The summed E-state index contributed by atoms with van der Waals surface area (Å²) in [4.78, 5) is 29.1. The Bertz CT molecular complexity index is 987. The third kappa shape index (κ3) is 4.07. The molecule has 1 atom stereocenters. The van der Waals surface area contributed by atoms with E-state index in [1.165, 1.54) is 30.2 Å². The molecular weight excluding hydrogens is 387 g/mol. The molecule has 158 valence electrons. The smallest absolute Gasteiger partial charge is 0.295 e. The van der Waals surface area contributed by atoms with Gasteiger partial charge >= 0.3 is 0 Å². The highest BCUT2D eigenvalue weighted by Gasteiger charge is 2.46. The van der Waals surface area contributed by atoms with Crippen molar-refractivity contribution in [1.29, 1.82) is 0 Å². The predicted octanol–water partition coefficient (Wildman–Crippen LogP) is 3.21. The number of nitrogens with zero attached hydrogens (tertiary/aromatic N) is 2. The van der Waals surface area contributed by atoms with E-state index in [-0.39, 0.29) is 29.0 Å². The van der Waals surface area contributed by atoms with Crippen LogP contribution in [0.3, 0.4) is 0 Å². The summed E-state index contributed by atoms with van der Waals surface area (Å²) in [7, 11) is 5.26. The summed E-state index contributed by atoms with van der Waals surface area (Å²) in [6.45, 7) is 0.948. The number of benzene rings is 2. The quantitative estimate of drug-likeness (QED) is 0.430. The lowest BCUT2D eigenvalue weighted by atomic mass is 9.94. The zero-order valence-corrected chi connectivity index (χ0v) is 17.3. The van der Waals surface area contributed by atoms with E-state index in [0.717, 1.165) is 0 Å². The molecule has 7 heteroatoms. The maximum Gasteiger partial charge on any atom is 0.295 e. The van der Waals surface area contributed by atoms with Crippen molar-refractivity contribution < 1.29 is 23.8 Å². The third-order valence-corrected chi connectivity index (χ3v) is 5.11. The maximum absolute atomic E-state index is 14.7. The van der Waals surface area contributed by atoms with Crippen molar-refractivity contribution >= 4 is 17.4 Å². The lowest BCUT2D eigenvalue weighted by Crippen LogP contribution is -2.32. The van der Waals surface area contributed by atoms with Gasteiger partial charge in [-0.25, -0.2) is 4.39 Å². The van der Waals surface area contributed by atoms with Gasteiger partial charge in [0.25, 0.3) is 11.7 Å². The van der Waals surface area contributed by atoms with E-state index >= 15 is 0 Å². The Balaban J connectivity index is 2.15. The van der Waals surface area contributed by atoms with Crippen molar-refractivity contribution in [2.24, 2.45) is 0 Å². The second-order valence-corrected chi connectivity index (χ2v) is 7.37. The number of ketones is 1. The number of rotatable bonds is 7. The topological polar surface area (TPSA) is 70.1 Å². The minimum atomic E-state index is -1.02. The molecule has 2 aromatic carbocycles. The van der Waals surface area contributed by atoms with E-state index in [0.29, 0.717) is 18.7 Å². The number of aliphatic hydroxyl groups is 1. The molecule has 2 aromatic rings. The number of ether oxygens (including phenoxy) is 1. The number of carbonyl (C=O) groups excluding carboxylic acids is 2. The number of hydrogen-bond donors (Lipinski definition) is 1. The standard InChI is InChI=1S/C23H25FN2O4/c1-25(2)13-8-14-26-20(15-9-4-6-11-17(15)24)19(22(28)23(26)29)21(27)16-10-5-7-12-18(16)30-3/h4-7,9-12,20,27H,8,13-14H2,1-3H3/b21-19-. The summed E-state index contributed by atoms with van der Waals surface area (Å²) >= 11 is 0. The van der Waals surface area contributed by atoms with Gasteiger partial charge in [-0.3, -0.25) is 9.59 Å². The first kappa shape index (κ1) is 21.5. The Labute approximate surface area is 175 Å². The van der Waals surface area contributed by atoms with E-state index in [2.05, 4.69) is 0 Å². The van der Waals surface area contributed by atoms with Crippen LogP contribution in [0.15, 0.2) is 54.1 Å². The van der Waals surface area contributed by atoms with Crippen LogP contribution in [0.2, 0.25) is 0 Å². The van der Waals surface area contributed by atoms with E-state index in [1.807, 2.05) is 19.0 Å². The summed E-state index contributed by atoms with van der Waals surface area (Å²) in [5.74, 6) is -2.17. The van der Waals surface area contributed by atoms with Gasteiger partial charge in [-0.1, -0.05) is 30.3 Å². The minimum Gasteiger partial charge on any atom is -0.507 e. The van der Waals surface area contributed by atoms with Crippen molar-refractivity contribution in [1.82, 2.24) is 9.80 Å². The summed E-state index contributed by atoms with van der Waals surface area (Å²) in [6, 6.07) is 11.6. The number of hydrogen-bond acceptors (Lipinski definition) is 5. The van der Waals surface area contributed by atoms with Gasteiger partial charge in [0.05, 0.1) is 24.3 Å². The van der Waals surface area contributed by atoms with Gasteiger partial charge in [-0.2, -0.15) is 0 Å². The predicted molar refractivity (Wildman–Crippen MR) is 112 cm³/mol. The highest BCUT2D eigenvalue weighted by atomic mass is 19.1. The van der Waals surface area contributed by atoms with Crippen LogP contribution in [0.5, 0.6) is 5.75 Å². The van der Waals surface area contributed by atoms with Crippen LogP contribution in [0.4, 0.5) is 4.39 Å². The zero-order chi connectivity index (χ0) is 21.8. The summed E-state index contributed by atoms with van der Waals surface area (Å²) in [5, 5.41) is 11.0. The highest BCUT2D eigenvalue weighted by molar-refractivity contribution is 6.46. The normalized spacial score (nSPS) is 18.3. The molecule has 1 aliphatic heterocycles. The average molecular weight is 412 g/mol. The largest absolute Gasteiger partial charge is 0.507 e. The fourth-order valence-corrected chi connectivity index (χ4v) is 3.67. The van der Waals surface area contributed by atoms with Crippen LogP contribution in [-0.2, 0) is 9.59 Å². The van der Waals surface area contributed by atoms with Crippen LogP contribution in [0.25, 0.3) is 5.76 Å². The van der Waals surface area contributed by atoms with Crippen molar-refractivity contribution in [3.63, 3.8) is 0 Å². The number of aliphatic hydroxyl groups excluding tert-OH is 1. The average Bonchev–Trinajstić information content (AvgIpc) is 2.98. The molecule has 6 nitrogen and oxygen atoms in total. The fourth-order valence-electron chi connectivity index (χ4n) is 3.67. The van der Waals surface area contributed by atoms with Gasteiger partial charge in [-0.05, 0) is 45.3 Å². The first-order chi connectivity index (χ1) is 14.4. The van der Waals surface area contributed by atoms with Gasteiger partial charge in [0.2, 0.25) is 0 Å². The summed E-state index contributed by atoms with van der Waals surface area (Å²) in [6.07, 6.45) is 0.597. The molecule has 0 aliphatic carbocycles. The third-order valence-electron chi connectivity index (χ3n) is 5.11. The van der Waals surface area contributed by atoms with Crippen molar-refractivity contribution in [2.45, 2.75) is 12.5 Å². The molecule has 1 N–H and O–H groups in total. The molecule has 0 aromatic heterocycles. The number of Topliss-reactive ketones (excluding diaryl/α,β-unsaturated/α-hetero) is 1. The Morgan fingerprint density at radius 2 is 1.80 bits per heavy atom. The molecule has 1 fully saturated rings. The number of para-hydroxylation sites is 1. The van der Waals surface area contributed by atoms with E-state index in [9.17, 15) is 19.1 Å².